The van der Waals surface area contributed by atoms with E-state index < -0.39 is 5.92 Å². The fourth-order valence-corrected chi connectivity index (χ4v) is 2.36. The van der Waals surface area contributed by atoms with Crippen LogP contribution in [-0.2, 0) is 4.79 Å². The summed E-state index contributed by atoms with van der Waals surface area (Å²) in [5.74, 6) is -0.283. The molecule has 0 fully saturated rings. The number of hydrogen-bond acceptors (Lipinski definition) is 2. The minimum atomic E-state index is -0.451. The van der Waals surface area contributed by atoms with Gasteiger partial charge in [-0.25, -0.2) is 0 Å². The zero-order valence-electron chi connectivity index (χ0n) is 8.47. The number of aromatic hydroxyl groups is 1. The summed E-state index contributed by atoms with van der Waals surface area (Å²) in [6.45, 7) is 0. The second-order valence-corrected chi connectivity index (χ2v) is 3.88. The molecule has 0 heterocycles. The van der Waals surface area contributed by atoms with Gasteiger partial charge in [-0.2, -0.15) is 0 Å². The number of carbonyl (C=O) groups excluding carboxylic acids is 1. The standard InChI is InChI=1S/C14H9O2/c15-8-12-10-5-2-1-4-9(10)11-6-3-7-13(16)14(11)12/h1-7,12,16H. The van der Waals surface area contributed by atoms with E-state index in [4.69, 9.17) is 0 Å². The third-order valence-electron chi connectivity index (χ3n) is 3.05. The number of fused-ring (bicyclic) bond motifs is 3. The third kappa shape index (κ3) is 1.04. The molecule has 0 aliphatic heterocycles. The number of phenolic OH excluding ortho intramolecular Hbond substituents is 1. The van der Waals surface area contributed by atoms with Gasteiger partial charge in [0.25, 0.3) is 0 Å². The van der Waals surface area contributed by atoms with Crippen molar-refractivity contribution in [2.75, 3.05) is 0 Å². The Morgan fingerprint density at radius 3 is 2.56 bits per heavy atom. The van der Waals surface area contributed by atoms with Crippen LogP contribution in [-0.4, -0.2) is 11.4 Å². The lowest BCUT2D eigenvalue weighted by Gasteiger charge is -2.05. The Hall–Kier alpha value is -2.09. The van der Waals surface area contributed by atoms with Crippen LogP contribution in [0.4, 0.5) is 0 Å². The molecule has 2 nitrogen and oxygen atoms in total. The summed E-state index contributed by atoms with van der Waals surface area (Å²) < 4.78 is 0. The molecule has 0 bridgehead atoms. The van der Waals surface area contributed by atoms with Gasteiger partial charge in [0.15, 0.2) is 0 Å². The van der Waals surface area contributed by atoms with Crippen LogP contribution in [0.2, 0.25) is 0 Å². The predicted octanol–water partition coefficient (Wildman–Crippen LogP) is 2.61. The van der Waals surface area contributed by atoms with E-state index in [9.17, 15) is 9.90 Å². The van der Waals surface area contributed by atoms with E-state index in [1.165, 1.54) is 0 Å². The second-order valence-electron chi connectivity index (χ2n) is 3.88. The monoisotopic (exact) mass is 209 g/mol. The molecule has 1 unspecified atom stereocenters. The lowest BCUT2D eigenvalue weighted by Crippen LogP contribution is -1.97. The molecule has 1 atom stereocenters. The molecule has 1 N–H and O–H groups in total. The Bertz CT molecular complexity index is 573. The molecule has 77 valence electrons. The molecule has 16 heavy (non-hydrogen) atoms. The van der Waals surface area contributed by atoms with Crippen LogP contribution in [0.15, 0.2) is 42.5 Å². The molecule has 1 radical (unpaired) electrons. The maximum absolute atomic E-state index is 11.0. The molecule has 0 aromatic heterocycles. The van der Waals surface area contributed by atoms with Crippen LogP contribution in [0.5, 0.6) is 5.75 Å². The second kappa shape index (κ2) is 3.20. The number of hydrogen-bond donors (Lipinski definition) is 1. The van der Waals surface area contributed by atoms with Gasteiger partial charge in [0.1, 0.15) is 5.75 Å². The number of phenols is 1. The van der Waals surface area contributed by atoms with Crippen LogP contribution in [0, 0.1) is 0 Å². The summed E-state index contributed by atoms with van der Waals surface area (Å²) in [4.78, 5) is 11.0. The maximum Gasteiger partial charge on any atom is 0.211 e. The SMILES string of the molecule is O=[C]C1c2ccccc2-c2cccc(O)c21. The molecular weight excluding hydrogens is 200 g/mol. The van der Waals surface area contributed by atoms with Crippen molar-refractivity contribution in [1.29, 1.82) is 0 Å². The average Bonchev–Trinajstić information content (AvgIpc) is 2.65. The lowest BCUT2D eigenvalue weighted by atomic mass is 9.98. The Balaban J connectivity index is 2.38. The first kappa shape index (κ1) is 9.16. The Kier molecular flexibility index (Phi) is 1.83. The summed E-state index contributed by atoms with van der Waals surface area (Å²) >= 11 is 0. The van der Waals surface area contributed by atoms with Crippen molar-refractivity contribution in [3.63, 3.8) is 0 Å². The summed E-state index contributed by atoms with van der Waals surface area (Å²) in [6, 6.07) is 13.0. The predicted molar refractivity (Wildman–Crippen MR) is 61.1 cm³/mol. The van der Waals surface area contributed by atoms with Crippen molar-refractivity contribution in [3.8, 4) is 16.9 Å². The van der Waals surface area contributed by atoms with Gasteiger partial charge in [0.2, 0.25) is 6.29 Å². The van der Waals surface area contributed by atoms with E-state index >= 15 is 0 Å². The van der Waals surface area contributed by atoms with Gasteiger partial charge in [-0.05, 0) is 22.8 Å². The van der Waals surface area contributed by atoms with Crippen molar-refractivity contribution >= 4 is 6.29 Å². The third-order valence-corrected chi connectivity index (χ3v) is 3.05. The molecule has 0 spiro atoms. The van der Waals surface area contributed by atoms with E-state index in [2.05, 4.69) is 0 Å². The van der Waals surface area contributed by atoms with Crippen molar-refractivity contribution in [1.82, 2.24) is 0 Å². The fourth-order valence-electron chi connectivity index (χ4n) is 2.36. The van der Waals surface area contributed by atoms with Gasteiger partial charge < -0.3 is 5.11 Å². The van der Waals surface area contributed by atoms with Gasteiger partial charge in [-0.3, -0.25) is 4.79 Å². The van der Waals surface area contributed by atoms with Crippen LogP contribution < -0.4 is 0 Å². The van der Waals surface area contributed by atoms with E-state index in [1.54, 1.807) is 12.1 Å². The van der Waals surface area contributed by atoms with Crippen LogP contribution in [0.25, 0.3) is 11.1 Å². The first-order valence-corrected chi connectivity index (χ1v) is 5.12. The van der Waals surface area contributed by atoms with Crippen molar-refractivity contribution < 1.29 is 9.90 Å². The van der Waals surface area contributed by atoms with Gasteiger partial charge >= 0.3 is 0 Å². The zero-order valence-corrected chi connectivity index (χ0v) is 8.47. The normalized spacial score (nSPS) is 16.6. The molecule has 0 amide bonds. The largest absolute Gasteiger partial charge is 0.508 e. The minimum absolute atomic E-state index is 0.169. The van der Waals surface area contributed by atoms with E-state index in [0.29, 0.717) is 5.56 Å². The molecule has 2 aromatic carbocycles. The highest BCUT2D eigenvalue weighted by molar-refractivity contribution is 5.89. The van der Waals surface area contributed by atoms with Gasteiger partial charge in [0.05, 0.1) is 5.92 Å². The molecule has 1 aliphatic carbocycles. The molecule has 3 rings (SSSR count). The molecule has 0 saturated carbocycles. The molecule has 0 saturated heterocycles. The lowest BCUT2D eigenvalue weighted by molar-refractivity contribution is 0.468. The highest BCUT2D eigenvalue weighted by Crippen LogP contribution is 2.47. The van der Waals surface area contributed by atoms with E-state index in [1.807, 2.05) is 36.6 Å². The maximum atomic E-state index is 11.0. The van der Waals surface area contributed by atoms with Crippen LogP contribution in [0.1, 0.15) is 17.0 Å². The summed E-state index contributed by atoms with van der Waals surface area (Å²) in [5, 5.41) is 9.83. The molecule has 1 aliphatic rings. The Morgan fingerprint density at radius 1 is 1.00 bits per heavy atom. The highest BCUT2D eigenvalue weighted by Gasteiger charge is 2.30. The summed E-state index contributed by atoms with van der Waals surface area (Å²) in [5.41, 5.74) is 3.55. The topological polar surface area (TPSA) is 37.3 Å². The molecular formula is C14H9O2. The zero-order chi connectivity index (χ0) is 11.1. The van der Waals surface area contributed by atoms with Crippen molar-refractivity contribution in [3.05, 3.63) is 53.6 Å². The fraction of sp³-hybridized carbons (Fsp3) is 0.0714. The van der Waals surface area contributed by atoms with Crippen molar-refractivity contribution in [2.45, 2.75) is 5.92 Å². The first-order chi connectivity index (χ1) is 7.83. The minimum Gasteiger partial charge on any atom is -0.508 e. The average molecular weight is 209 g/mol. The highest BCUT2D eigenvalue weighted by atomic mass is 16.3. The van der Waals surface area contributed by atoms with Gasteiger partial charge in [-0.15, -0.1) is 0 Å². The van der Waals surface area contributed by atoms with Crippen molar-refractivity contribution in [2.24, 2.45) is 0 Å². The molecule has 2 aromatic rings. The van der Waals surface area contributed by atoms with Crippen LogP contribution >= 0.6 is 0 Å². The quantitative estimate of drug-likeness (QED) is 0.783. The van der Waals surface area contributed by atoms with E-state index in [-0.39, 0.29) is 5.75 Å². The first-order valence-electron chi connectivity index (χ1n) is 5.12. The van der Waals surface area contributed by atoms with Gasteiger partial charge in [-0.1, -0.05) is 36.4 Å². The van der Waals surface area contributed by atoms with Gasteiger partial charge in [0, 0.05) is 5.56 Å². The number of benzene rings is 2. The Morgan fingerprint density at radius 2 is 1.75 bits per heavy atom. The Labute approximate surface area is 93.2 Å². The summed E-state index contributed by atoms with van der Waals surface area (Å²) in [6.07, 6.45) is 2.01. The van der Waals surface area contributed by atoms with E-state index in [0.717, 1.165) is 16.7 Å². The van der Waals surface area contributed by atoms with Crippen LogP contribution in [0.3, 0.4) is 0 Å². The number of rotatable bonds is 1. The smallest absolute Gasteiger partial charge is 0.211 e. The molecule has 2 heteroatoms. The summed E-state index contributed by atoms with van der Waals surface area (Å²) in [7, 11) is 0.